The highest BCUT2D eigenvalue weighted by Gasteiger charge is 2.07. The van der Waals surface area contributed by atoms with E-state index in [0.29, 0.717) is 0 Å². The minimum Gasteiger partial charge on any atom is -0.385 e. The van der Waals surface area contributed by atoms with Crippen LogP contribution >= 0.6 is 0 Å². The Kier molecular flexibility index (Phi) is 4.28. The highest BCUT2D eigenvalue weighted by molar-refractivity contribution is 5.59. The van der Waals surface area contributed by atoms with Gasteiger partial charge in [0.2, 0.25) is 0 Å². The fourth-order valence-corrected chi connectivity index (χ4v) is 1.78. The fraction of sp³-hybridized carbons (Fsp3) is 0.462. The van der Waals surface area contributed by atoms with E-state index < -0.39 is 0 Å². The summed E-state index contributed by atoms with van der Waals surface area (Å²) in [6, 6.07) is 4.02. The van der Waals surface area contributed by atoms with Crippen LogP contribution in [0, 0.1) is 0 Å². The van der Waals surface area contributed by atoms with Gasteiger partial charge in [0.25, 0.3) is 0 Å². The zero-order valence-electron chi connectivity index (χ0n) is 10.9. The number of nitrogens with zero attached hydrogens (tertiary/aromatic N) is 4. The zero-order chi connectivity index (χ0) is 12.8. The van der Waals surface area contributed by atoms with Gasteiger partial charge in [-0.2, -0.15) is 0 Å². The molecular weight excluding hydrogens is 226 g/mol. The molecule has 1 N–H and O–H groups in total. The lowest BCUT2D eigenvalue weighted by atomic mass is 10.2. The third kappa shape index (κ3) is 2.85. The largest absolute Gasteiger partial charge is 0.385 e. The first kappa shape index (κ1) is 12.5. The Bertz CT molecular complexity index is 492. The van der Waals surface area contributed by atoms with Crippen LogP contribution in [0.4, 0.5) is 5.69 Å². The minimum atomic E-state index is 0.865. The monoisotopic (exact) mass is 245 g/mol. The molecule has 0 fully saturated rings. The van der Waals surface area contributed by atoms with Crippen LogP contribution in [0.15, 0.2) is 24.5 Å². The molecule has 0 saturated heterocycles. The normalized spacial score (nSPS) is 10.6. The lowest BCUT2D eigenvalue weighted by molar-refractivity contribution is 0.583. The number of hydrogen-bond donors (Lipinski definition) is 1. The molecule has 96 valence electrons. The van der Waals surface area contributed by atoms with E-state index in [2.05, 4.69) is 34.5 Å². The van der Waals surface area contributed by atoms with Crippen molar-refractivity contribution in [2.75, 3.05) is 11.9 Å². The summed E-state index contributed by atoms with van der Waals surface area (Å²) in [5.74, 6) is 0. The van der Waals surface area contributed by atoms with E-state index in [9.17, 15) is 0 Å². The number of anilines is 1. The first-order chi connectivity index (χ1) is 8.85. The molecular formula is C13H19N5. The van der Waals surface area contributed by atoms with E-state index in [1.165, 1.54) is 0 Å². The average Bonchev–Trinajstić information content (AvgIpc) is 2.85. The lowest BCUT2D eigenvalue weighted by Crippen LogP contribution is -2.03. The van der Waals surface area contributed by atoms with Gasteiger partial charge in [0.1, 0.15) is 5.69 Å². The number of hydrogen-bond acceptors (Lipinski definition) is 4. The summed E-state index contributed by atoms with van der Waals surface area (Å²) in [5, 5.41) is 11.4. The first-order valence-corrected chi connectivity index (χ1v) is 6.44. The Labute approximate surface area is 107 Å². The predicted octanol–water partition coefficient (Wildman–Crippen LogP) is 2.57. The molecule has 0 amide bonds. The van der Waals surface area contributed by atoms with Gasteiger partial charge in [0.15, 0.2) is 0 Å². The maximum absolute atomic E-state index is 4.39. The summed E-state index contributed by atoms with van der Waals surface area (Å²) < 4.78 is 1.89. The van der Waals surface area contributed by atoms with Gasteiger partial charge in [0.05, 0.1) is 11.9 Å². The lowest BCUT2D eigenvalue weighted by Gasteiger charge is -2.07. The predicted molar refractivity (Wildman–Crippen MR) is 72.3 cm³/mol. The third-order valence-electron chi connectivity index (χ3n) is 2.65. The zero-order valence-corrected chi connectivity index (χ0v) is 10.9. The molecule has 5 heteroatoms. The van der Waals surface area contributed by atoms with Crippen LogP contribution < -0.4 is 5.32 Å². The molecule has 0 aliphatic rings. The van der Waals surface area contributed by atoms with Crippen LogP contribution in [-0.2, 0) is 6.54 Å². The van der Waals surface area contributed by atoms with E-state index in [1.54, 1.807) is 6.20 Å². The van der Waals surface area contributed by atoms with Crippen LogP contribution in [0.5, 0.6) is 0 Å². The summed E-state index contributed by atoms with van der Waals surface area (Å²) in [6.45, 7) is 6.10. The van der Waals surface area contributed by atoms with Gasteiger partial charge in [-0.25, -0.2) is 4.68 Å². The van der Waals surface area contributed by atoms with Crippen molar-refractivity contribution in [3.63, 3.8) is 0 Å². The number of aryl methyl sites for hydroxylation is 1. The number of aromatic nitrogens is 4. The molecule has 2 aromatic heterocycles. The topological polar surface area (TPSA) is 55.6 Å². The minimum absolute atomic E-state index is 0.865. The molecule has 0 atom stereocenters. The Morgan fingerprint density at radius 1 is 1.28 bits per heavy atom. The third-order valence-corrected chi connectivity index (χ3v) is 2.65. The van der Waals surface area contributed by atoms with Crippen molar-refractivity contribution in [1.82, 2.24) is 20.0 Å². The summed E-state index contributed by atoms with van der Waals surface area (Å²) in [7, 11) is 0. The standard InChI is InChI=1S/C13H19N5/c1-3-6-14-11-5-7-15-12(9-11)13-10-16-17-18(13)8-4-2/h5,7,9-10H,3-4,6,8H2,1-2H3,(H,14,15). The van der Waals surface area contributed by atoms with Crippen molar-refractivity contribution in [2.24, 2.45) is 0 Å². The van der Waals surface area contributed by atoms with Crippen molar-refractivity contribution < 1.29 is 0 Å². The molecule has 2 heterocycles. The second-order valence-electron chi connectivity index (χ2n) is 4.20. The van der Waals surface area contributed by atoms with Crippen molar-refractivity contribution in [2.45, 2.75) is 33.2 Å². The van der Waals surface area contributed by atoms with Crippen molar-refractivity contribution >= 4 is 5.69 Å². The van der Waals surface area contributed by atoms with E-state index in [-0.39, 0.29) is 0 Å². The molecule has 2 rings (SSSR count). The van der Waals surface area contributed by atoms with Crippen LogP contribution in [0.25, 0.3) is 11.4 Å². The van der Waals surface area contributed by atoms with Gasteiger partial charge >= 0.3 is 0 Å². The summed E-state index contributed by atoms with van der Waals surface area (Å²) in [5.41, 5.74) is 2.97. The van der Waals surface area contributed by atoms with Gasteiger partial charge < -0.3 is 5.32 Å². The molecule has 0 aromatic carbocycles. The number of rotatable bonds is 6. The second kappa shape index (κ2) is 6.14. The Balaban J connectivity index is 2.24. The number of pyridine rings is 1. The van der Waals surface area contributed by atoms with E-state index >= 15 is 0 Å². The van der Waals surface area contributed by atoms with Crippen molar-refractivity contribution in [3.05, 3.63) is 24.5 Å². The molecule has 18 heavy (non-hydrogen) atoms. The smallest absolute Gasteiger partial charge is 0.107 e. The Morgan fingerprint density at radius 3 is 2.94 bits per heavy atom. The van der Waals surface area contributed by atoms with Crippen LogP contribution in [0.1, 0.15) is 26.7 Å². The fourth-order valence-electron chi connectivity index (χ4n) is 1.78. The number of nitrogens with one attached hydrogen (secondary N) is 1. The van der Waals surface area contributed by atoms with E-state index in [4.69, 9.17) is 0 Å². The van der Waals surface area contributed by atoms with E-state index in [1.807, 2.05) is 23.0 Å². The van der Waals surface area contributed by atoms with Gasteiger partial charge in [-0.3, -0.25) is 4.98 Å². The average molecular weight is 245 g/mol. The molecule has 5 nitrogen and oxygen atoms in total. The summed E-state index contributed by atoms with van der Waals surface area (Å²) in [4.78, 5) is 4.39. The maximum Gasteiger partial charge on any atom is 0.107 e. The molecule has 0 radical (unpaired) electrons. The van der Waals surface area contributed by atoms with Crippen molar-refractivity contribution in [1.29, 1.82) is 0 Å². The van der Waals surface area contributed by atoms with Gasteiger partial charge in [-0.05, 0) is 25.0 Å². The van der Waals surface area contributed by atoms with Crippen LogP contribution in [0.3, 0.4) is 0 Å². The molecule has 0 aliphatic heterocycles. The van der Waals surface area contributed by atoms with Crippen LogP contribution in [0.2, 0.25) is 0 Å². The molecule has 0 unspecified atom stereocenters. The Morgan fingerprint density at radius 2 is 2.17 bits per heavy atom. The molecule has 0 spiro atoms. The summed E-state index contributed by atoms with van der Waals surface area (Å²) in [6.07, 6.45) is 5.72. The van der Waals surface area contributed by atoms with Gasteiger partial charge in [0, 0.05) is 25.0 Å². The first-order valence-electron chi connectivity index (χ1n) is 6.44. The van der Waals surface area contributed by atoms with Gasteiger partial charge in [-0.15, -0.1) is 5.10 Å². The maximum atomic E-state index is 4.39. The SMILES string of the molecule is CCCNc1ccnc(-c2cnnn2CCC)c1. The highest BCUT2D eigenvalue weighted by Crippen LogP contribution is 2.19. The quantitative estimate of drug-likeness (QED) is 0.849. The summed E-state index contributed by atoms with van der Waals surface area (Å²) >= 11 is 0. The molecule has 0 bridgehead atoms. The van der Waals surface area contributed by atoms with Crippen molar-refractivity contribution in [3.8, 4) is 11.4 Å². The van der Waals surface area contributed by atoms with E-state index in [0.717, 1.165) is 43.0 Å². The second-order valence-corrected chi connectivity index (χ2v) is 4.20. The van der Waals surface area contributed by atoms with Crippen LogP contribution in [-0.4, -0.2) is 26.5 Å². The molecule has 0 saturated carbocycles. The molecule has 2 aromatic rings. The van der Waals surface area contributed by atoms with Gasteiger partial charge in [-0.1, -0.05) is 19.1 Å². The highest BCUT2D eigenvalue weighted by atomic mass is 15.4. The molecule has 0 aliphatic carbocycles. The Hall–Kier alpha value is -1.91.